The summed E-state index contributed by atoms with van der Waals surface area (Å²) < 4.78 is 0. The first-order valence-corrected chi connectivity index (χ1v) is 9.64. The SMILES string of the molecule is CCC[C@@H](C)Cc1ccc(CCN[C@@H](C)[C@@H](O)c2ccccc2)cc1. The van der Waals surface area contributed by atoms with E-state index < -0.39 is 6.10 Å². The zero-order valence-corrected chi connectivity index (χ0v) is 15.9. The highest BCUT2D eigenvalue weighted by atomic mass is 16.3. The lowest BCUT2D eigenvalue weighted by atomic mass is 9.96. The van der Waals surface area contributed by atoms with Gasteiger partial charge in [0.05, 0.1) is 6.10 Å². The molecule has 2 aromatic carbocycles. The third-order valence-corrected chi connectivity index (χ3v) is 4.88. The van der Waals surface area contributed by atoms with Crippen LogP contribution in [0.1, 0.15) is 56.4 Å². The highest BCUT2D eigenvalue weighted by Crippen LogP contribution is 2.17. The Morgan fingerprint density at radius 1 is 0.920 bits per heavy atom. The zero-order valence-electron chi connectivity index (χ0n) is 15.9. The minimum absolute atomic E-state index is 0.0385. The number of aliphatic hydroxyl groups excluding tert-OH is 1. The van der Waals surface area contributed by atoms with Crippen LogP contribution in [0.25, 0.3) is 0 Å². The Balaban J connectivity index is 1.76. The predicted octanol–water partition coefficient (Wildman–Crippen LogP) is 4.92. The first-order chi connectivity index (χ1) is 12.1. The number of aliphatic hydroxyl groups is 1. The van der Waals surface area contributed by atoms with E-state index in [9.17, 15) is 5.11 Å². The molecule has 0 aliphatic rings. The van der Waals surface area contributed by atoms with Crippen LogP contribution in [-0.4, -0.2) is 17.7 Å². The molecule has 0 saturated carbocycles. The summed E-state index contributed by atoms with van der Waals surface area (Å²) in [6, 6.07) is 18.9. The normalized spacial score (nSPS) is 14.9. The smallest absolute Gasteiger partial charge is 0.0940 e. The second-order valence-corrected chi connectivity index (χ2v) is 7.26. The molecule has 0 aliphatic heterocycles. The molecule has 25 heavy (non-hydrogen) atoms. The highest BCUT2D eigenvalue weighted by Gasteiger charge is 2.15. The molecule has 0 aliphatic carbocycles. The van der Waals surface area contributed by atoms with Crippen LogP contribution in [0.4, 0.5) is 0 Å². The largest absolute Gasteiger partial charge is 0.387 e. The summed E-state index contributed by atoms with van der Waals surface area (Å²) in [5, 5.41) is 13.8. The number of nitrogens with one attached hydrogen (secondary N) is 1. The molecule has 3 atom stereocenters. The van der Waals surface area contributed by atoms with Gasteiger partial charge in [0, 0.05) is 6.04 Å². The maximum Gasteiger partial charge on any atom is 0.0940 e. The third-order valence-electron chi connectivity index (χ3n) is 4.88. The average Bonchev–Trinajstić information content (AvgIpc) is 2.63. The van der Waals surface area contributed by atoms with Gasteiger partial charge in [0.25, 0.3) is 0 Å². The fourth-order valence-electron chi connectivity index (χ4n) is 3.33. The molecule has 2 rings (SSSR count). The van der Waals surface area contributed by atoms with Gasteiger partial charge in [-0.1, -0.05) is 81.3 Å². The van der Waals surface area contributed by atoms with Crippen molar-refractivity contribution < 1.29 is 5.11 Å². The molecule has 0 aromatic heterocycles. The van der Waals surface area contributed by atoms with Gasteiger partial charge in [-0.05, 0) is 48.9 Å². The zero-order chi connectivity index (χ0) is 18.1. The highest BCUT2D eigenvalue weighted by molar-refractivity contribution is 5.23. The number of hydrogen-bond acceptors (Lipinski definition) is 2. The molecule has 2 N–H and O–H groups in total. The Hall–Kier alpha value is -1.64. The maximum absolute atomic E-state index is 10.4. The summed E-state index contributed by atoms with van der Waals surface area (Å²) in [5.41, 5.74) is 3.75. The molecule has 0 unspecified atom stereocenters. The molecule has 0 bridgehead atoms. The van der Waals surface area contributed by atoms with Gasteiger partial charge < -0.3 is 10.4 Å². The van der Waals surface area contributed by atoms with Crippen molar-refractivity contribution in [3.63, 3.8) is 0 Å². The molecule has 0 saturated heterocycles. The molecule has 0 spiro atoms. The van der Waals surface area contributed by atoms with Crippen molar-refractivity contribution in [3.8, 4) is 0 Å². The molecular formula is C23H33NO. The number of hydrogen-bond donors (Lipinski definition) is 2. The van der Waals surface area contributed by atoms with Gasteiger partial charge >= 0.3 is 0 Å². The van der Waals surface area contributed by atoms with Gasteiger partial charge in [0.2, 0.25) is 0 Å². The van der Waals surface area contributed by atoms with Gasteiger partial charge in [-0.25, -0.2) is 0 Å². The number of benzene rings is 2. The summed E-state index contributed by atoms with van der Waals surface area (Å²) in [4.78, 5) is 0. The Bertz CT molecular complexity index is 593. The third kappa shape index (κ3) is 6.64. The topological polar surface area (TPSA) is 32.3 Å². The first kappa shape index (κ1) is 19.7. The van der Waals surface area contributed by atoms with Gasteiger partial charge in [-0.15, -0.1) is 0 Å². The molecule has 2 nitrogen and oxygen atoms in total. The molecule has 0 amide bonds. The Morgan fingerprint density at radius 3 is 2.20 bits per heavy atom. The van der Waals surface area contributed by atoms with E-state index in [-0.39, 0.29) is 6.04 Å². The Labute approximate surface area is 153 Å². The van der Waals surface area contributed by atoms with E-state index in [4.69, 9.17) is 0 Å². The summed E-state index contributed by atoms with van der Waals surface area (Å²) in [7, 11) is 0. The molecule has 0 heterocycles. The van der Waals surface area contributed by atoms with E-state index in [0.717, 1.165) is 24.4 Å². The molecule has 0 fully saturated rings. The van der Waals surface area contributed by atoms with Crippen LogP contribution in [0.5, 0.6) is 0 Å². The van der Waals surface area contributed by atoms with Crippen molar-refractivity contribution in [2.45, 2.75) is 58.6 Å². The summed E-state index contributed by atoms with van der Waals surface area (Å²) in [5.74, 6) is 0.762. The second-order valence-electron chi connectivity index (χ2n) is 7.26. The Morgan fingerprint density at radius 2 is 1.56 bits per heavy atom. The van der Waals surface area contributed by atoms with Crippen LogP contribution in [-0.2, 0) is 12.8 Å². The Kier molecular flexibility index (Phi) is 8.17. The van der Waals surface area contributed by atoms with Gasteiger partial charge in [-0.3, -0.25) is 0 Å². The lowest BCUT2D eigenvalue weighted by Crippen LogP contribution is -2.33. The van der Waals surface area contributed by atoms with Crippen LogP contribution in [0, 0.1) is 5.92 Å². The van der Waals surface area contributed by atoms with Crippen LogP contribution >= 0.6 is 0 Å². The number of rotatable bonds is 10. The van der Waals surface area contributed by atoms with Crippen molar-refractivity contribution in [1.82, 2.24) is 5.32 Å². The lowest BCUT2D eigenvalue weighted by molar-refractivity contribution is 0.136. The fourth-order valence-corrected chi connectivity index (χ4v) is 3.33. The van der Waals surface area contributed by atoms with Crippen molar-refractivity contribution in [2.75, 3.05) is 6.54 Å². The fraction of sp³-hybridized carbons (Fsp3) is 0.478. The standard InChI is InChI=1S/C23H33NO/c1-4-8-18(2)17-21-13-11-20(12-14-21)15-16-24-19(3)23(25)22-9-6-5-7-10-22/h5-7,9-14,18-19,23-25H,4,8,15-17H2,1-3H3/t18-,19+,23-/m1/s1. The summed E-state index contributed by atoms with van der Waals surface area (Å²) in [6.45, 7) is 7.50. The van der Waals surface area contributed by atoms with Crippen LogP contribution in [0.15, 0.2) is 54.6 Å². The van der Waals surface area contributed by atoms with Gasteiger partial charge in [-0.2, -0.15) is 0 Å². The minimum atomic E-state index is -0.469. The molecule has 136 valence electrons. The van der Waals surface area contributed by atoms with Crippen molar-refractivity contribution in [3.05, 3.63) is 71.3 Å². The van der Waals surface area contributed by atoms with E-state index in [1.165, 1.54) is 30.4 Å². The van der Waals surface area contributed by atoms with E-state index >= 15 is 0 Å². The quantitative estimate of drug-likeness (QED) is 0.644. The lowest BCUT2D eigenvalue weighted by Gasteiger charge is -2.20. The molecule has 0 radical (unpaired) electrons. The van der Waals surface area contributed by atoms with Crippen molar-refractivity contribution >= 4 is 0 Å². The van der Waals surface area contributed by atoms with E-state index in [1.54, 1.807) is 0 Å². The summed E-state index contributed by atoms with van der Waals surface area (Å²) in [6.07, 6.45) is 4.25. The molecule has 2 aromatic rings. The van der Waals surface area contributed by atoms with Crippen LogP contribution < -0.4 is 5.32 Å². The van der Waals surface area contributed by atoms with Gasteiger partial charge in [0.1, 0.15) is 0 Å². The van der Waals surface area contributed by atoms with Crippen LogP contribution in [0.3, 0.4) is 0 Å². The van der Waals surface area contributed by atoms with Gasteiger partial charge in [0.15, 0.2) is 0 Å². The van der Waals surface area contributed by atoms with Crippen molar-refractivity contribution in [1.29, 1.82) is 0 Å². The summed E-state index contributed by atoms with van der Waals surface area (Å²) >= 11 is 0. The maximum atomic E-state index is 10.4. The van der Waals surface area contributed by atoms with Crippen molar-refractivity contribution in [2.24, 2.45) is 5.92 Å². The van der Waals surface area contributed by atoms with E-state index in [1.807, 2.05) is 37.3 Å². The average molecular weight is 340 g/mol. The second kappa shape index (κ2) is 10.4. The predicted molar refractivity (Wildman–Crippen MR) is 107 cm³/mol. The van der Waals surface area contributed by atoms with E-state index in [2.05, 4.69) is 43.4 Å². The molecular weight excluding hydrogens is 306 g/mol. The van der Waals surface area contributed by atoms with Crippen LogP contribution in [0.2, 0.25) is 0 Å². The molecule has 2 heteroatoms. The monoisotopic (exact) mass is 339 g/mol. The van der Waals surface area contributed by atoms with E-state index in [0.29, 0.717) is 0 Å². The minimum Gasteiger partial charge on any atom is -0.387 e. The first-order valence-electron chi connectivity index (χ1n) is 9.64.